The number of hydrogen-bond acceptors (Lipinski definition) is 1. The van der Waals surface area contributed by atoms with E-state index in [1.165, 1.54) is 0 Å². The molecule has 0 bridgehead atoms. The highest BCUT2D eigenvalue weighted by Gasteiger charge is 2.24. The van der Waals surface area contributed by atoms with Gasteiger partial charge in [0.15, 0.2) is 0 Å². The molecule has 0 aromatic carbocycles. The lowest BCUT2D eigenvalue weighted by Crippen LogP contribution is -2.40. The van der Waals surface area contributed by atoms with Gasteiger partial charge in [-0.2, -0.15) is 0 Å². The first kappa shape index (κ1) is 13.9. The zero-order valence-corrected chi connectivity index (χ0v) is 11.5. The summed E-state index contributed by atoms with van der Waals surface area (Å²) in [5, 5.41) is 3.97. The molecule has 0 aromatic heterocycles. The van der Waals surface area contributed by atoms with Crippen molar-refractivity contribution in [3.63, 3.8) is 0 Å². The third kappa shape index (κ3) is 5.63. The number of amides is 1. The minimum absolute atomic E-state index is 0.125. The third-order valence-electron chi connectivity index (χ3n) is 2.18. The Morgan fingerprint density at radius 3 is 2.07 bits per heavy atom. The maximum Gasteiger partial charge on any atom is 0.225 e. The Morgan fingerprint density at radius 2 is 1.71 bits per heavy atom. The van der Waals surface area contributed by atoms with Gasteiger partial charge < -0.3 is 5.32 Å². The SMILES string of the molecule is CC(C)(CCBr)CNC(=O)C(C)(C)C. The fraction of sp³-hybridized carbons (Fsp3) is 0.909. The predicted molar refractivity (Wildman–Crippen MR) is 64.7 cm³/mol. The Morgan fingerprint density at radius 1 is 1.21 bits per heavy atom. The molecule has 84 valence electrons. The molecule has 0 radical (unpaired) electrons. The lowest BCUT2D eigenvalue weighted by Gasteiger charge is -2.26. The van der Waals surface area contributed by atoms with E-state index in [2.05, 4.69) is 35.1 Å². The molecule has 0 aliphatic rings. The average Bonchev–Trinajstić information content (AvgIpc) is 1.98. The maximum absolute atomic E-state index is 11.6. The summed E-state index contributed by atoms with van der Waals surface area (Å²) in [6, 6.07) is 0. The molecule has 1 amide bonds. The molecule has 3 heteroatoms. The molecule has 0 aromatic rings. The second-order valence-electron chi connectivity index (χ2n) is 5.54. The Balaban J connectivity index is 4.00. The summed E-state index contributed by atoms with van der Waals surface area (Å²) >= 11 is 3.42. The average molecular weight is 264 g/mol. The first-order valence-electron chi connectivity index (χ1n) is 5.03. The van der Waals surface area contributed by atoms with Crippen molar-refractivity contribution in [2.75, 3.05) is 11.9 Å². The Labute approximate surface area is 96.0 Å². The molecule has 14 heavy (non-hydrogen) atoms. The lowest BCUT2D eigenvalue weighted by molar-refractivity contribution is -0.128. The maximum atomic E-state index is 11.6. The van der Waals surface area contributed by atoms with E-state index in [1.54, 1.807) is 0 Å². The topological polar surface area (TPSA) is 29.1 Å². The molecule has 0 aliphatic heterocycles. The van der Waals surface area contributed by atoms with Gasteiger partial charge in [0.2, 0.25) is 5.91 Å². The van der Waals surface area contributed by atoms with Gasteiger partial charge in [0.1, 0.15) is 0 Å². The molecule has 0 spiro atoms. The van der Waals surface area contributed by atoms with E-state index in [1.807, 2.05) is 20.8 Å². The van der Waals surface area contributed by atoms with Crippen LogP contribution >= 0.6 is 15.9 Å². The molecule has 0 aliphatic carbocycles. The van der Waals surface area contributed by atoms with E-state index in [0.29, 0.717) is 0 Å². The van der Waals surface area contributed by atoms with E-state index in [-0.39, 0.29) is 16.7 Å². The number of halogens is 1. The van der Waals surface area contributed by atoms with Crippen molar-refractivity contribution in [3.05, 3.63) is 0 Å². The van der Waals surface area contributed by atoms with Crippen LogP contribution in [-0.2, 0) is 4.79 Å². The van der Waals surface area contributed by atoms with Crippen LogP contribution in [0.4, 0.5) is 0 Å². The van der Waals surface area contributed by atoms with E-state index in [4.69, 9.17) is 0 Å². The van der Waals surface area contributed by atoms with E-state index < -0.39 is 0 Å². The second kappa shape index (κ2) is 5.15. The minimum Gasteiger partial charge on any atom is -0.355 e. The second-order valence-corrected chi connectivity index (χ2v) is 6.33. The smallest absolute Gasteiger partial charge is 0.225 e. The predicted octanol–water partition coefficient (Wildman–Crippen LogP) is 2.96. The Hall–Kier alpha value is -0.0500. The molecule has 0 heterocycles. The van der Waals surface area contributed by atoms with E-state index in [9.17, 15) is 4.79 Å². The fourth-order valence-corrected chi connectivity index (χ4v) is 2.00. The molecule has 0 unspecified atom stereocenters. The van der Waals surface area contributed by atoms with Crippen molar-refractivity contribution >= 4 is 21.8 Å². The summed E-state index contributed by atoms with van der Waals surface area (Å²) in [5.41, 5.74) is -0.116. The molecule has 0 fully saturated rings. The normalized spacial score (nSPS) is 12.7. The molecule has 0 saturated carbocycles. The summed E-state index contributed by atoms with van der Waals surface area (Å²) in [7, 11) is 0. The van der Waals surface area contributed by atoms with E-state index >= 15 is 0 Å². The van der Waals surface area contributed by atoms with Crippen molar-refractivity contribution in [1.82, 2.24) is 5.32 Å². The van der Waals surface area contributed by atoms with Crippen molar-refractivity contribution in [2.45, 2.75) is 41.0 Å². The lowest BCUT2D eigenvalue weighted by atomic mass is 9.89. The van der Waals surface area contributed by atoms with Crippen LogP contribution in [0.3, 0.4) is 0 Å². The van der Waals surface area contributed by atoms with Gasteiger partial charge in [-0.1, -0.05) is 50.5 Å². The summed E-state index contributed by atoms with van der Waals surface area (Å²) in [6.07, 6.45) is 1.07. The van der Waals surface area contributed by atoms with Gasteiger partial charge in [0, 0.05) is 17.3 Å². The summed E-state index contributed by atoms with van der Waals surface area (Å²) in [5.74, 6) is 0.125. The standard InChI is InChI=1S/C11H22BrNO/c1-10(2,3)9(14)13-8-11(4,5)6-7-12/h6-8H2,1-5H3,(H,13,14). The van der Waals surface area contributed by atoms with Crippen molar-refractivity contribution in [1.29, 1.82) is 0 Å². The van der Waals surface area contributed by atoms with Crippen LogP contribution in [0, 0.1) is 10.8 Å². The largest absolute Gasteiger partial charge is 0.355 e. The van der Waals surface area contributed by atoms with Crippen LogP contribution in [-0.4, -0.2) is 17.8 Å². The van der Waals surface area contributed by atoms with Crippen LogP contribution in [0.2, 0.25) is 0 Å². The molecule has 1 N–H and O–H groups in total. The zero-order chi connectivity index (χ0) is 11.4. The van der Waals surface area contributed by atoms with Gasteiger partial charge in [-0.3, -0.25) is 4.79 Å². The first-order chi connectivity index (χ1) is 6.19. The molecular formula is C11H22BrNO. The van der Waals surface area contributed by atoms with Crippen molar-refractivity contribution in [3.8, 4) is 0 Å². The highest BCUT2D eigenvalue weighted by molar-refractivity contribution is 9.09. The summed E-state index contributed by atoms with van der Waals surface area (Å²) < 4.78 is 0. The van der Waals surface area contributed by atoms with Crippen LogP contribution in [0.15, 0.2) is 0 Å². The van der Waals surface area contributed by atoms with Crippen LogP contribution in [0.5, 0.6) is 0 Å². The number of rotatable bonds is 4. The van der Waals surface area contributed by atoms with Gasteiger partial charge in [0.05, 0.1) is 0 Å². The highest BCUT2D eigenvalue weighted by atomic mass is 79.9. The fourth-order valence-electron chi connectivity index (χ4n) is 0.929. The van der Waals surface area contributed by atoms with Gasteiger partial charge >= 0.3 is 0 Å². The zero-order valence-electron chi connectivity index (χ0n) is 9.91. The minimum atomic E-state index is -0.287. The number of hydrogen-bond donors (Lipinski definition) is 1. The van der Waals surface area contributed by atoms with Gasteiger partial charge in [-0.05, 0) is 11.8 Å². The quantitative estimate of drug-likeness (QED) is 0.777. The third-order valence-corrected chi connectivity index (χ3v) is 2.58. The van der Waals surface area contributed by atoms with Crippen LogP contribution < -0.4 is 5.32 Å². The molecule has 0 saturated heterocycles. The summed E-state index contributed by atoms with van der Waals surface area (Å²) in [6.45, 7) is 10.9. The molecular weight excluding hydrogens is 242 g/mol. The Bertz CT molecular complexity index is 194. The first-order valence-corrected chi connectivity index (χ1v) is 6.15. The number of alkyl halides is 1. The van der Waals surface area contributed by atoms with Crippen molar-refractivity contribution < 1.29 is 4.79 Å². The van der Waals surface area contributed by atoms with Crippen LogP contribution in [0.25, 0.3) is 0 Å². The van der Waals surface area contributed by atoms with Crippen LogP contribution in [0.1, 0.15) is 41.0 Å². The molecule has 0 atom stereocenters. The number of nitrogens with one attached hydrogen (secondary N) is 1. The Kier molecular flexibility index (Phi) is 5.13. The monoisotopic (exact) mass is 263 g/mol. The van der Waals surface area contributed by atoms with Crippen molar-refractivity contribution in [2.24, 2.45) is 10.8 Å². The van der Waals surface area contributed by atoms with Gasteiger partial charge in [0.25, 0.3) is 0 Å². The van der Waals surface area contributed by atoms with Gasteiger partial charge in [-0.25, -0.2) is 0 Å². The highest BCUT2D eigenvalue weighted by Crippen LogP contribution is 2.21. The number of carbonyl (C=O) groups excluding carboxylic acids is 1. The molecule has 2 nitrogen and oxygen atoms in total. The van der Waals surface area contributed by atoms with Gasteiger partial charge in [-0.15, -0.1) is 0 Å². The molecule has 0 rings (SSSR count). The summed E-state index contributed by atoms with van der Waals surface area (Å²) in [4.78, 5) is 11.6. The number of carbonyl (C=O) groups is 1. The van der Waals surface area contributed by atoms with E-state index in [0.717, 1.165) is 18.3 Å².